The van der Waals surface area contributed by atoms with Gasteiger partial charge >= 0.3 is 0 Å². The lowest BCUT2D eigenvalue weighted by molar-refractivity contribution is 0.0256. The second-order valence-corrected chi connectivity index (χ2v) is 5.75. The third-order valence-electron chi connectivity index (χ3n) is 4.19. The maximum Gasteiger partial charge on any atom is 0.121 e. The van der Waals surface area contributed by atoms with Crippen LogP contribution in [0, 0.1) is 0 Å². The second-order valence-electron chi connectivity index (χ2n) is 5.75. The average Bonchev–Trinajstić information content (AvgIpc) is 2.49. The number of anilines is 1. The first-order chi connectivity index (χ1) is 9.81. The minimum Gasteiger partial charge on any atom is -0.490 e. The Kier molecular flexibility index (Phi) is 4.43. The van der Waals surface area contributed by atoms with Gasteiger partial charge in [-0.2, -0.15) is 0 Å². The predicted molar refractivity (Wildman–Crippen MR) is 80.3 cm³/mol. The van der Waals surface area contributed by atoms with E-state index in [1.165, 1.54) is 5.69 Å². The molecule has 110 valence electrons. The highest BCUT2D eigenvalue weighted by Crippen LogP contribution is 2.26. The van der Waals surface area contributed by atoms with Crippen LogP contribution >= 0.6 is 0 Å². The zero-order chi connectivity index (χ0) is 13.8. The molecule has 2 fully saturated rings. The number of hydrogen-bond donors (Lipinski definition) is 1. The highest BCUT2D eigenvalue weighted by atomic mass is 16.5. The largest absolute Gasteiger partial charge is 0.490 e. The Balaban J connectivity index is 1.63. The fourth-order valence-corrected chi connectivity index (χ4v) is 2.90. The van der Waals surface area contributed by atoms with Gasteiger partial charge in [-0.15, -0.1) is 0 Å². The molecule has 0 unspecified atom stereocenters. The van der Waals surface area contributed by atoms with Crippen molar-refractivity contribution in [3.8, 4) is 5.75 Å². The van der Waals surface area contributed by atoms with Gasteiger partial charge in [0.25, 0.3) is 0 Å². The molecule has 3 rings (SSSR count). The van der Waals surface area contributed by atoms with Crippen LogP contribution in [0.2, 0.25) is 0 Å². The van der Waals surface area contributed by atoms with Crippen molar-refractivity contribution in [2.24, 2.45) is 5.73 Å². The number of piperidine rings is 1. The van der Waals surface area contributed by atoms with Crippen LogP contribution in [0.25, 0.3) is 0 Å². The molecule has 0 radical (unpaired) electrons. The van der Waals surface area contributed by atoms with Gasteiger partial charge in [0, 0.05) is 43.7 Å². The Morgan fingerprint density at radius 3 is 2.60 bits per heavy atom. The van der Waals surface area contributed by atoms with E-state index in [9.17, 15) is 0 Å². The van der Waals surface area contributed by atoms with Gasteiger partial charge in [-0.25, -0.2) is 0 Å². The van der Waals surface area contributed by atoms with Crippen molar-refractivity contribution in [1.82, 2.24) is 0 Å². The molecule has 0 aliphatic carbocycles. The van der Waals surface area contributed by atoms with Gasteiger partial charge in [-0.1, -0.05) is 6.07 Å². The molecule has 0 saturated carbocycles. The normalized spacial score (nSPS) is 21.9. The molecular weight excluding hydrogens is 252 g/mol. The smallest absolute Gasteiger partial charge is 0.121 e. The van der Waals surface area contributed by atoms with Gasteiger partial charge in [0.2, 0.25) is 0 Å². The van der Waals surface area contributed by atoms with Crippen molar-refractivity contribution < 1.29 is 9.47 Å². The molecule has 0 aromatic heterocycles. The molecular formula is C16H24N2O2. The standard InChI is InChI=1S/C16H24N2O2/c17-13-4-8-18(9-5-13)14-2-1-3-16(12-14)20-15-6-10-19-11-7-15/h1-3,12-13,15H,4-11,17H2. The quantitative estimate of drug-likeness (QED) is 0.919. The van der Waals surface area contributed by atoms with E-state index >= 15 is 0 Å². The molecule has 4 nitrogen and oxygen atoms in total. The second kappa shape index (κ2) is 6.46. The highest BCUT2D eigenvalue weighted by molar-refractivity contribution is 5.51. The number of nitrogens with two attached hydrogens (primary N) is 1. The Labute approximate surface area is 120 Å². The van der Waals surface area contributed by atoms with Gasteiger partial charge in [-0.3, -0.25) is 0 Å². The highest BCUT2D eigenvalue weighted by Gasteiger charge is 2.18. The molecule has 1 aromatic carbocycles. The van der Waals surface area contributed by atoms with E-state index in [4.69, 9.17) is 15.2 Å². The minimum atomic E-state index is 0.300. The van der Waals surface area contributed by atoms with E-state index in [-0.39, 0.29) is 0 Å². The summed E-state index contributed by atoms with van der Waals surface area (Å²) in [6.07, 6.45) is 4.43. The Bertz CT molecular complexity index is 424. The van der Waals surface area contributed by atoms with E-state index in [1.54, 1.807) is 0 Å². The summed E-state index contributed by atoms with van der Waals surface area (Å²) < 4.78 is 11.4. The van der Waals surface area contributed by atoms with E-state index in [1.807, 2.05) is 0 Å². The maximum absolute atomic E-state index is 6.08. The van der Waals surface area contributed by atoms with Gasteiger partial charge in [0.05, 0.1) is 13.2 Å². The fourth-order valence-electron chi connectivity index (χ4n) is 2.90. The molecule has 0 spiro atoms. The van der Waals surface area contributed by atoms with Crippen LogP contribution in [-0.4, -0.2) is 38.4 Å². The average molecular weight is 276 g/mol. The van der Waals surface area contributed by atoms with Crippen LogP contribution in [0.15, 0.2) is 24.3 Å². The predicted octanol–water partition coefficient (Wildman–Crippen LogP) is 2.17. The first-order valence-corrected chi connectivity index (χ1v) is 7.66. The van der Waals surface area contributed by atoms with Crippen LogP contribution < -0.4 is 15.4 Å². The summed E-state index contributed by atoms with van der Waals surface area (Å²) in [6, 6.07) is 8.82. The van der Waals surface area contributed by atoms with Crippen LogP contribution in [-0.2, 0) is 4.74 Å². The zero-order valence-electron chi connectivity index (χ0n) is 12.0. The van der Waals surface area contributed by atoms with Gasteiger partial charge in [0.15, 0.2) is 0 Å². The van der Waals surface area contributed by atoms with Crippen LogP contribution in [0.5, 0.6) is 5.75 Å². The molecule has 0 amide bonds. The first-order valence-electron chi connectivity index (χ1n) is 7.66. The molecule has 2 saturated heterocycles. The van der Waals surface area contributed by atoms with Gasteiger partial charge in [-0.05, 0) is 25.0 Å². The van der Waals surface area contributed by atoms with Crippen LogP contribution in [0.3, 0.4) is 0 Å². The number of nitrogens with zero attached hydrogens (tertiary/aromatic N) is 1. The number of ether oxygens (including phenoxy) is 2. The van der Waals surface area contributed by atoms with Crippen molar-refractivity contribution in [2.45, 2.75) is 37.8 Å². The lowest BCUT2D eigenvalue weighted by atomic mass is 10.1. The first kappa shape index (κ1) is 13.7. The molecule has 20 heavy (non-hydrogen) atoms. The number of rotatable bonds is 3. The van der Waals surface area contributed by atoms with E-state index in [2.05, 4.69) is 29.2 Å². The summed E-state index contributed by atoms with van der Waals surface area (Å²) in [4.78, 5) is 2.40. The molecule has 2 aliphatic heterocycles. The third-order valence-corrected chi connectivity index (χ3v) is 4.19. The van der Waals surface area contributed by atoms with Crippen molar-refractivity contribution in [2.75, 3.05) is 31.2 Å². The number of hydrogen-bond acceptors (Lipinski definition) is 4. The molecule has 2 aliphatic rings. The fraction of sp³-hybridized carbons (Fsp3) is 0.625. The molecule has 4 heteroatoms. The summed E-state index contributed by atoms with van der Waals surface area (Å²) in [6.45, 7) is 3.71. The maximum atomic E-state index is 6.08. The molecule has 0 atom stereocenters. The molecule has 2 N–H and O–H groups in total. The summed E-state index contributed by atoms with van der Waals surface area (Å²) in [7, 11) is 0. The van der Waals surface area contributed by atoms with Crippen LogP contribution in [0.1, 0.15) is 25.7 Å². The lowest BCUT2D eigenvalue weighted by Crippen LogP contribution is -2.39. The van der Waals surface area contributed by atoms with E-state index < -0.39 is 0 Å². The van der Waals surface area contributed by atoms with Gasteiger partial charge in [0.1, 0.15) is 11.9 Å². The van der Waals surface area contributed by atoms with Gasteiger partial charge < -0.3 is 20.1 Å². The molecule has 2 heterocycles. The molecule has 0 bridgehead atoms. The van der Waals surface area contributed by atoms with Crippen molar-refractivity contribution in [1.29, 1.82) is 0 Å². The minimum absolute atomic E-state index is 0.300. The Morgan fingerprint density at radius 2 is 1.85 bits per heavy atom. The SMILES string of the molecule is NC1CCN(c2cccc(OC3CCOCC3)c2)CC1. The van der Waals surface area contributed by atoms with Crippen molar-refractivity contribution in [3.63, 3.8) is 0 Å². The number of benzene rings is 1. The summed E-state index contributed by atoms with van der Waals surface area (Å²) in [5, 5.41) is 0. The lowest BCUT2D eigenvalue weighted by Gasteiger charge is -2.32. The third kappa shape index (κ3) is 3.44. The molecule has 1 aromatic rings. The van der Waals surface area contributed by atoms with E-state index in [0.717, 1.165) is 57.7 Å². The summed E-state index contributed by atoms with van der Waals surface area (Å²) >= 11 is 0. The van der Waals surface area contributed by atoms with Crippen molar-refractivity contribution >= 4 is 5.69 Å². The zero-order valence-corrected chi connectivity index (χ0v) is 12.0. The van der Waals surface area contributed by atoms with Crippen LogP contribution in [0.4, 0.5) is 5.69 Å². The Hall–Kier alpha value is -1.26. The van der Waals surface area contributed by atoms with Crippen molar-refractivity contribution in [3.05, 3.63) is 24.3 Å². The monoisotopic (exact) mass is 276 g/mol. The van der Waals surface area contributed by atoms with E-state index in [0.29, 0.717) is 12.1 Å². The summed E-state index contributed by atoms with van der Waals surface area (Å²) in [5.41, 5.74) is 7.22. The Morgan fingerprint density at radius 1 is 1.10 bits per heavy atom. The topological polar surface area (TPSA) is 47.7 Å². The summed E-state index contributed by atoms with van der Waals surface area (Å²) in [5.74, 6) is 0.976.